The van der Waals surface area contributed by atoms with Gasteiger partial charge in [0.2, 0.25) is 10.0 Å². The summed E-state index contributed by atoms with van der Waals surface area (Å²) in [7, 11) is -3.54. The van der Waals surface area contributed by atoms with E-state index in [1.165, 1.54) is 16.8 Å². The van der Waals surface area contributed by atoms with Crippen molar-refractivity contribution in [3.8, 4) is 0 Å². The summed E-state index contributed by atoms with van der Waals surface area (Å²) in [4.78, 5) is 14.4. The lowest BCUT2D eigenvalue weighted by Gasteiger charge is -2.22. The van der Waals surface area contributed by atoms with Crippen LogP contribution in [0.15, 0.2) is 52.2 Å². The summed E-state index contributed by atoms with van der Waals surface area (Å²) in [5.41, 5.74) is 1.22. The summed E-state index contributed by atoms with van der Waals surface area (Å²) < 4.78 is 32.2. The highest BCUT2D eigenvalue weighted by atomic mass is 32.2. The molecule has 6 nitrogen and oxygen atoms in total. The average molecular weight is 348 g/mol. The van der Waals surface area contributed by atoms with Crippen LogP contribution in [0.25, 0.3) is 0 Å². The van der Waals surface area contributed by atoms with Gasteiger partial charge < -0.3 is 9.32 Å². The lowest BCUT2D eigenvalue weighted by Crippen LogP contribution is -2.37. The molecule has 0 spiro atoms. The number of carbonyl (C=O) groups excluding carboxylic acids is 1. The maximum absolute atomic E-state index is 12.9. The number of carbonyl (C=O) groups is 1. The third kappa shape index (κ3) is 3.22. The van der Waals surface area contributed by atoms with Gasteiger partial charge in [0, 0.05) is 26.2 Å². The van der Waals surface area contributed by atoms with E-state index >= 15 is 0 Å². The third-order valence-electron chi connectivity index (χ3n) is 4.22. The van der Waals surface area contributed by atoms with Crippen LogP contribution >= 0.6 is 0 Å². The lowest BCUT2D eigenvalue weighted by molar-refractivity contribution is 0.0763. The van der Waals surface area contributed by atoms with Crippen molar-refractivity contribution in [1.82, 2.24) is 9.21 Å². The highest BCUT2D eigenvalue weighted by Crippen LogP contribution is 2.21. The molecule has 128 valence electrons. The molecule has 0 saturated carbocycles. The maximum atomic E-state index is 12.9. The Hall–Kier alpha value is -2.12. The molecule has 3 rings (SSSR count). The molecule has 1 aliphatic heterocycles. The number of furan rings is 1. The van der Waals surface area contributed by atoms with E-state index in [9.17, 15) is 13.2 Å². The van der Waals surface area contributed by atoms with Crippen LogP contribution in [-0.2, 0) is 10.0 Å². The predicted octanol–water partition coefficient (Wildman–Crippen LogP) is 2.12. The van der Waals surface area contributed by atoms with Gasteiger partial charge in [-0.25, -0.2) is 8.42 Å². The normalized spacial score (nSPS) is 16.8. The smallest absolute Gasteiger partial charge is 0.257 e. The Labute approximate surface area is 141 Å². The molecule has 0 radical (unpaired) electrons. The predicted molar refractivity (Wildman–Crippen MR) is 89.2 cm³/mol. The Bertz CT molecular complexity index is 815. The second-order valence-corrected chi connectivity index (χ2v) is 7.73. The van der Waals surface area contributed by atoms with Crippen molar-refractivity contribution in [2.75, 3.05) is 26.2 Å². The minimum atomic E-state index is -3.54. The van der Waals surface area contributed by atoms with Gasteiger partial charge in [0.25, 0.3) is 5.91 Å². The number of rotatable bonds is 3. The summed E-state index contributed by atoms with van der Waals surface area (Å²) >= 11 is 0. The molecule has 0 atom stereocenters. The lowest BCUT2D eigenvalue weighted by atomic mass is 10.2. The fraction of sp³-hybridized carbons (Fsp3) is 0.353. The maximum Gasteiger partial charge on any atom is 0.257 e. The molecular formula is C17H20N2O4S. The second-order valence-electron chi connectivity index (χ2n) is 5.83. The molecule has 1 aromatic heterocycles. The van der Waals surface area contributed by atoms with Crippen molar-refractivity contribution in [3.05, 3.63) is 54.0 Å². The van der Waals surface area contributed by atoms with Crippen LogP contribution in [-0.4, -0.2) is 49.7 Å². The Morgan fingerprint density at radius 2 is 1.88 bits per heavy atom. The van der Waals surface area contributed by atoms with Crippen molar-refractivity contribution in [2.45, 2.75) is 18.2 Å². The highest BCUT2D eigenvalue weighted by Gasteiger charge is 2.29. The van der Waals surface area contributed by atoms with E-state index in [-0.39, 0.29) is 5.91 Å². The summed E-state index contributed by atoms with van der Waals surface area (Å²) in [6.45, 7) is 3.39. The molecule has 7 heteroatoms. The van der Waals surface area contributed by atoms with E-state index < -0.39 is 10.0 Å². The zero-order valence-electron chi connectivity index (χ0n) is 13.5. The summed E-state index contributed by atoms with van der Waals surface area (Å²) in [6.07, 6.45) is 3.48. The molecule has 0 N–H and O–H groups in total. The molecule has 0 bridgehead atoms. The third-order valence-corrected chi connectivity index (χ3v) is 6.28. The van der Waals surface area contributed by atoms with E-state index in [0.29, 0.717) is 43.1 Å². The highest BCUT2D eigenvalue weighted by molar-refractivity contribution is 7.89. The van der Waals surface area contributed by atoms with E-state index in [0.717, 1.165) is 5.56 Å². The van der Waals surface area contributed by atoms with Crippen molar-refractivity contribution < 1.29 is 17.6 Å². The molecule has 0 unspecified atom stereocenters. The van der Waals surface area contributed by atoms with Gasteiger partial charge in [-0.3, -0.25) is 4.79 Å². The standard InChI is InChI=1S/C17H20N2O4S/c1-14-5-2-3-6-16(14)24(21,22)19-9-4-8-18(10-11-19)17(20)15-7-12-23-13-15/h2-3,5-7,12-13H,4,8-11H2,1H3. The van der Waals surface area contributed by atoms with Crippen molar-refractivity contribution in [1.29, 1.82) is 0 Å². The van der Waals surface area contributed by atoms with Crippen LogP contribution in [0.3, 0.4) is 0 Å². The van der Waals surface area contributed by atoms with Crippen molar-refractivity contribution in [3.63, 3.8) is 0 Å². The zero-order valence-corrected chi connectivity index (χ0v) is 14.3. The number of hydrogen-bond donors (Lipinski definition) is 0. The van der Waals surface area contributed by atoms with Gasteiger partial charge in [-0.1, -0.05) is 18.2 Å². The molecule has 1 fully saturated rings. The monoisotopic (exact) mass is 348 g/mol. The Morgan fingerprint density at radius 1 is 1.08 bits per heavy atom. The van der Waals surface area contributed by atoms with Gasteiger partial charge in [-0.2, -0.15) is 4.31 Å². The van der Waals surface area contributed by atoms with Crippen LogP contribution < -0.4 is 0 Å². The molecule has 1 amide bonds. The van der Waals surface area contributed by atoms with Crippen LogP contribution in [0.2, 0.25) is 0 Å². The van der Waals surface area contributed by atoms with E-state index in [1.807, 2.05) is 6.07 Å². The first kappa shape index (κ1) is 16.7. The molecule has 24 heavy (non-hydrogen) atoms. The number of benzene rings is 1. The molecule has 2 heterocycles. The van der Waals surface area contributed by atoms with E-state index in [1.54, 1.807) is 36.1 Å². The number of sulfonamides is 1. The number of amides is 1. The quantitative estimate of drug-likeness (QED) is 0.852. The number of hydrogen-bond acceptors (Lipinski definition) is 4. The van der Waals surface area contributed by atoms with Gasteiger partial charge in [-0.15, -0.1) is 0 Å². The average Bonchev–Trinajstić information content (AvgIpc) is 2.98. The fourth-order valence-electron chi connectivity index (χ4n) is 2.89. The SMILES string of the molecule is Cc1ccccc1S(=O)(=O)N1CCCN(C(=O)c2ccoc2)CC1. The minimum Gasteiger partial charge on any atom is -0.472 e. The summed E-state index contributed by atoms with van der Waals surface area (Å²) in [5.74, 6) is -0.126. The van der Waals surface area contributed by atoms with Gasteiger partial charge in [0.15, 0.2) is 0 Å². The second kappa shape index (κ2) is 6.78. The van der Waals surface area contributed by atoms with Crippen LogP contribution in [0.4, 0.5) is 0 Å². The number of nitrogens with zero attached hydrogens (tertiary/aromatic N) is 2. The van der Waals surface area contributed by atoms with Crippen LogP contribution in [0, 0.1) is 6.92 Å². The largest absolute Gasteiger partial charge is 0.472 e. The Balaban J connectivity index is 1.76. The summed E-state index contributed by atoms with van der Waals surface area (Å²) in [6, 6.07) is 8.59. The van der Waals surface area contributed by atoms with Crippen LogP contribution in [0.5, 0.6) is 0 Å². The fourth-order valence-corrected chi connectivity index (χ4v) is 4.59. The molecule has 0 aliphatic carbocycles. The molecule has 1 saturated heterocycles. The van der Waals surface area contributed by atoms with Crippen LogP contribution in [0.1, 0.15) is 22.3 Å². The Morgan fingerprint density at radius 3 is 2.58 bits per heavy atom. The molecular weight excluding hydrogens is 328 g/mol. The first-order chi connectivity index (χ1) is 11.5. The molecule has 1 aliphatic rings. The number of aryl methyl sites for hydroxylation is 1. The van der Waals surface area contributed by atoms with Gasteiger partial charge in [0.1, 0.15) is 6.26 Å². The first-order valence-electron chi connectivity index (χ1n) is 7.87. The summed E-state index contributed by atoms with van der Waals surface area (Å²) in [5, 5.41) is 0. The topological polar surface area (TPSA) is 70.8 Å². The first-order valence-corrected chi connectivity index (χ1v) is 9.31. The minimum absolute atomic E-state index is 0.126. The van der Waals surface area contributed by atoms with Gasteiger partial charge in [0.05, 0.1) is 16.7 Å². The Kier molecular flexibility index (Phi) is 4.73. The van der Waals surface area contributed by atoms with Gasteiger partial charge in [-0.05, 0) is 31.0 Å². The molecule has 2 aromatic rings. The van der Waals surface area contributed by atoms with Crippen molar-refractivity contribution in [2.24, 2.45) is 0 Å². The van der Waals surface area contributed by atoms with Crippen molar-refractivity contribution >= 4 is 15.9 Å². The molecule has 1 aromatic carbocycles. The zero-order chi connectivity index (χ0) is 17.2. The van der Waals surface area contributed by atoms with E-state index in [4.69, 9.17) is 4.42 Å². The van der Waals surface area contributed by atoms with Gasteiger partial charge >= 0.3 is 0 Å². The van der Waals surface area contributed by atoms with E-state index in [2.05, 4.69) is 0 Å².